The van der Waals surface area contributed by atoms with Crippen LogP contribution in [0.25, 0.3) is 0 Å². The van der Waals surface area contributed by atoms with Gasteiger partial charge in [0.2, 0.25) is 11.5 Å². The number of hydrogen-bond acceptors (Lipinski definition) is 6. The number of nitrogens with zero attached hydrogens (tertiary/aromatic N) is 1. The van der Waals surface area contributed by atoms with Crippen molar-refractivity contribution in [1.29, 1.82) is 0 Å². The molecule has 0 saturated carbocycles. The van der Waals surface area contributed by atoms with E-state index in [2.05, 4.69) is 0 Å². The smallest absolute Gasteiger partial charge is 0.258 e. The number of benzene rings is 2. The number of nitrogens with two attached hydrogens (primary N) is 1. The highest BCUT2D eigenvalue weighted by Crippen LogP contribution is 2.48. The molecule has 0 aliphatic carbocycles. The lowest BCUT2D eigenvalue weighted by molar-refractivity contribution is 0.0712. The SMILES string of the molecule is CCN(C(=O)c1cc(Oc2ccc(CCN)cc2)c(OC)c(OC)c1OC)C(C)C. The normalized spacial score (nSPS) is 10.7. The Morgan fingerprint density at radius 1 is 1.00 bits per heavy atom. The standard InChI is InChI=1S/C23H32N2O5/c1-7-25(15(2)3)23(26)18-14-19(21(28-5)22(29-6)20(18)27-4)30-17-10-8-16(9-11-17)12-13-24/h8-11,14-15H,7,12-13,24H2,1-6H3. The number of carbonyl (C=O) groups excluding carboxylic acids is 1. The minimum absolute atomic E-state index is 0.0276. The van der Waals surface area contributed by atoms with Crippen molar-refractivity contribution in [2.45, 2.75) is 33.2 Å². The highest BCUT2D eigenvalue weighted by molar-refractivity contribution is 5.99. The van der Waals surface area contributed by atoms with Gasteiger partial charge < -0.3 is 29.6 Å². The molecule has 164 valence electrons. The molecule has 0 heterocycles. The van der Waals surface area contributed by atoms with Crippen LogP contribution in [-0.2, 0) is 6.42 Å². The van der Waals surface area contributed by atoms with Gasteiger partial charge in [0.1, 0.15) is 5.75 Å². The lowest BCUT2D eigenvalue weighted by Gasteiger charge is -2.27. The van der Waals surface area contributed by atoms with E-state index >= 15 is 0 Å². The van der Waals surface area contributed by atoms with Gasteiger partial charge in [-0.2, -0.15) is 0 Å². The molecule has 0 atom stereocenters. The monoisotopic (exact) mass is 416 g/mol. The summed E-state index contributed by atoms with van der Waals surface area (Å²) in [5.74, 6) is 1.77. The van der Waals surface area contributed by atoms with Gasteiger partial charge in [0.05, 0.1) is 26.9 Å². The molecule has 30 heavy (non-hydrogen) atoms. The molecule has 0 fully saturated rings. The van der Waals surface area contributed by atoms with Crippen molar-refractivity contribution in [3.8, 4) is 28.7 Å². The molecule has 0 saturated heterocycles. The molecule has 0 aliphatic heterocycles. The molecule has 2 aromatic rings. The molecule has 0 unspecified atom stereocenters. The average Bonchev–Trinajstić information content (AvgIpc) is 2.74. The van der Waals surface area contributed by atoms with E-state index < -0.39 is 0 Å². The molecule has 2 N–H and O–H groups in total. The fourth-order valence-electron chi connectivity index (χ4n) is 3.33. The van der Waals surface area contributed by atoms with Crippen molar-refractivity contribution in [2.75, 3.05) is 34.4 Å². The van der Waals surface area contributed by atoms with Crippen LogP contribution in [0.15, 0.2) is 30.3 Å². The van der Waals surface area contributed by atoms with Crippen molar-refractivity contribution in [1.82, 2.24) is 4.90 Å². The molecule has 7 heteroatoms. The van der Waals surface area contributed by atoms with Crippen LogP contribution in [0.4, 0.5) is 0 Å². The Kier molecular flexibility index (Phi) is 8.35. The summed E-state index contributed by atoms with van der Waals surface area (Å²) in [6.45, 7) is 7.01. The molecule has 0 radical (unpaired) electrons. The Bertz CT molecular complexity index is 850. The van der Waals surface area contributed by atoms with Gasteiger partial charge in [-0.05, 0) is 51.4 Å². The van der Waals surface area contributed by atoms with Gasteiger partial charge in [0.25, 0.3) is 5.91 Å². The Balaban J connectivity index is 2.57. The molecule has 0 bridgehead atoms. The minimum atomic E-state index is -0.173. The summed E-state index contributed by atoms with van der Waals surface area (Å²) in [5, 5.41) is 0. The molecule has 2 aromatic carbocycles. The number of carbonyl (C=O) groups is 1. The van der Waals surface area contributed by atoms with E-state index in [1.165, 1.54) is 21.3 Å². The number of hydrogen-bond donors (Lipinski definition) is 1. The molecular formula is C23H32N2O5. The van der Waals surface area contributed by atoms with Gasteiger partial charge in [-0.25, -0.2) is 0 Å². The van der Waals surface area contributed by atoms with E-state index in [9.17, 15) is 4.79 Å². The second-order valence-electron chi connectivity index (χ2n) is 6.99. The van der Waals surface area contributed by atoms with E-state index in [1.807, 2.05) is 45.0 Å². The molecule has 2 rings (SSSR count). The summed E-state index contributed by atoms with van der Waals surface area (Å²) >= 11 is 0. The maximum absolute atomic E-state index is 13.3. The quantitative estimate of drug-likeness (QED) is 0.633. The first kappa shape index (κ1) is 23.3. The van der Waals surface area contributed by atoms with Gasteiger partial charge in [-0.15, -0.1) is 0 Å². The lowest BCUT2D eigenvalue weighted by atomic mass is 10.1. The van der Waals surface area contributed by atoms with E-state index in [4.69, 9.17) is 24.7 Å². The zero-order chi connectivity index (χ0) is 22.3. The number of ether oxygens (including phenoxy) is 4. The lowest BCUT2D eigenvalue weighted by Crippen LogP contribution is -2.36. The van der Waals surface area contributed by atoms with Crippen LogP contribution < -0.4 is 24.7 Å². The predicted molar refractivity (Wildman–Crippen MR) is 117 cm³/mol. The van der Waals surface area contributed by atoms with Gasteiger partial charge in [0, 0.05) is 18.7 Å². The molecular weight excluding hydrogens is 384 g/mol. The minimum Gasteiger partial charge on any atom is -0.492 e. The maximum Gasteiger partial charge on any atom is 0.258 e. The van der Waals surface area contributed by atoms with Crippen LogP contribution >= 0.6 is 0 Å². The Morgan fingerprint density at radius 2 is 1.60 bits per heavy atom. The molecule has 0 spiro atoms. The molecule has 1 amide bonds. The number of methoxy groups -OCH3 is 3. The third kappa shape index (κ3) is 4.97. The Morgan fingerprint density at radius 3 is 2.07 bits per heavy atom. The summed E-state index contributed by atoms with van der Waals surface area (Å²) in [6.07, 6.45) is 0.792. The summed E-state index contributed by atoms with van der Waals surface area (Å²) in [4.78, 5) is 15.0. The molecule has 7 nitrogen and oxygen atoms in total. The van der Waals surface area contributed by atoms with Crippen molar-refractivity contribution >= 4 is 5.91 Å². The van der Waals surface area contributed by atoms with Crippen molar-refractivity contribution in [3.63, 3.8) is 0 Å². The predicted octanol–water partition coefficient (Wildman–Crippen LogP) is 3.88. The summed E-state index contributed by atoms with van der Waals surface area (Å²) in [7, 11) is 4.51. The van der Waals surface area contributed by atoms with E-state index in [-0.39, 0.29) is 11.9 Å². The third-order valence-corrected chi connectivity index (χ3v) is 4.81. The zero-order valence-corrected chi connectivity index (χ0v) is 18.7. The van der Waals surface area contributed by atoms with Crippen LogP contribution in [0, 0.1) is 0 Å². The third-order valence-electron chi connectivity index (χ3n) is 4.81. The van der Waals surface area contributed by atoms with Crippen LogP contribution in [0.5, 0.6) is 28.7 Å². The molecule has 0 aliphatic rings. The average molecular weight is 417 g/mol. The largest absolute Gasteiger partial charge is 0.492 e. The second kappa shape index (κ2) is 10.7. The van der Waals surface area contributed by atoms with Gasteiger partial charge in [-0.1, -0.05) is 12.1 Å². The van der Waals surface area contributed by atoms with Gasteiger partial charge in [-0.3, -0.25) is 4.79 Å². The van der Waals surface area contributed by atoms with Gasteiger partial charge >= 0.3 is 0 Å². The Labute approximate surface area is 178 Å². The van der Waals surface area contributed by atoms with Crippen LogP contribution in [0.1, 0.15) is 36.7 Å². The highest BCUT2D eigenvalue weighted by Gasteiger charge is 2.29. The van der Waals surface area contributed by atoms with Crippen LogP contribution in [0.3, 0.4) is 0 Å². The second-order valence-corrected chi connectivity index (χ2v) is 6.99. The van der Waals surface area contributed by atoms with Crippen molar-refractivity contribution in [2.24, 2.45) is 5.73 Å². The van der Waals surface area contributed by atoms with Crippen LogP contribution in [-0.4, -0.2) is 51.3 Å². The first-order chi connectivity index (χ1) is 14.4. The number of amides is 1. The number of rotatable bonds is 10. The van der Waals surface area contributed by atoms with Crippen molar-refractivity contribution < 1.29 is 23.7 Å². The topological polar surface area (TPSA) is 83.3 Å². The fourth-order valence-corrected chi connectivity index (χ4v) is 3.33. The Hall–Kier alpha value is -2.93. The summed E-state index contributed by atoms with van der Waals surface area (Å²) < 4.78 is 22.7. The summed E-state index contributed by atoms with van der Waals surface area (Å²) in [5.41, 5.74) is 7.08. The first-order valence-electron chi connectivity index (χ1n) is 10.0. The highest BCUT2D eigenvalue weighted by atomic mass is 16.5. The van der Waals surface area contributed by atoms with E-state index in [0.717, 1.165) is 12.0 Å². The van der Waals surface area contributed by atoms with Crippen LogP contribution in [0.2, 0.25) is 0 Å². The van der Waals surface area contributed by atoms with Crippen molar-refractivity contribution in [3.05, 3.63) is 41.5 Å². The maximum atomic E-state index is 13.3. The molecule has 0 aromatic heterocycles. The zero-order valence-electron chi connectivity index (χ0n) is 18.7. The first-order valence-corrected chi connectivity index (χ1v) is 10.0. The van der Waals surface area contributed by atoms with Gasteiger partial charge in [0.15, 0.2) is 11.5 Å². The van der Waals surface area contributed by atoms with E-state index in [1.54, 1.807) is 11.0 Å². The fraction of sp³-hybridized carbons (Fsp3) is 0.435. The van der Waals surface area contributed by atoms with E-state index in [0.29, 0.717) is 47.4 Å². The summed E-state index contributed by atoms with van der Waals surface area (Å²) in [6, 6.07) is 9.30.